The van der Waals surface area contributed by atoms with Gasteiger partial charge in [-0.15, -0.1) is 0 Å². The maximum Gasteiger partial charge on any atom is 0.298 e. The molecule has 0 bridgehead atoms. The van der Waals surface area contributed by atoms with Crippen LogP contribution in [-0.4, -0.2) is 29.7 Å². The molecule has 0 aliphatic heterocycles. The van der Waals surface area contributed by atoms with Gasteiger partial charge in [0, 0.05) is 23.6 Å². The molecule has 0 unspecified atom stereocenters. The smallest absolute Gasteiger partial charge is 0.298 e. The summed E-state index contributed by atoms with van der Waals surface area (Å²) >= 11 is 0. The summed E-state index contributed by atoms with van der Waals surface area (Å²) in [6, 6.07) is 12.2. The number of carbonyl (C=O) groups is 1. The number of hydrogen-bond donors (Lipinski definition) is 1. The topological polar surface area (TPSA) is 82.5 Å². The van der Waals surface area contributed by atoms with Gasteiger partial charge in [-0.05, 0) is 42.8 Å². The quantitative estimate of drug-likeness (QED) is 0.752. The van der Waals surface area contributed by atoms with Crippen molar-refractivity contribution in [2.24, 2.45) is 0 Å². The second-order valence-electron chi connectivity index (χ2n) is 5.81. The highest BCUT2D eigenvalue weighted by Crippen LogP contribution is 2.27. The van der Waals surface area contributed by atoms with Crippen molar-refractivity contribution >= 4 is 11.7 Å². The summed E-state index contributed by atoms with van der Waals surface area (Å²) in [6.45, 7) is 1.94. The summed E-state index contributed by atoms with van der Waals surface area (Å²) in [4.78, 5) is 29.3. The van der Waals surface area contributed by atoms with Crippen LogP contribution in [0.3, 0.4) is 0 Å². The van der Waals surface area contributed by atoms with E-state index in [0.29, 0.717) is 22.7 Å². The Labute approximate surface area is 156 Å². The summed E-state index contributed by atoms with van der Waals surface area (Å²) in [5, 5.41) is 2.56. The average Bonchev–Trinajstić information content (AvgIpc) is 2.68. The van der Waals surface area contributed by atoms with Crippen molar-refractivity contribution < 1.29 is 14.3 Å². The Morgan fingerprint density at radius 3 is 2.56 bits per heavy atom. The van der Waals surface area contributed by atoms with Crippen LogP contribution in [0.15, 0.2) is 59.7 Å². The van der Waals surface area contributed by atoms with E-state index in [1.165, 1.54) is 31.0 Å². The number of hydrogen-bond acceptors (Lipinski definition) is 5. The van der Waals surface area contributed by atoms with E-state index in [1.807, 2.05) is 31.2 Å². The van der Waals surface area contributed by atoms with E-state index < -0.39 is 11.5 Å². The number of rotatable bonds is 5. The molecule has 1 aromatic heterocycles. The fourth-order valence-electron chi connectivity index (χ4n) is 2.64. The summed E-state index contributed by atoms with van der Waals surface area (Å²) in [6.07, 6.45) is 3.02. The van der Waals surface area contributed by atoms with Crippen molar-refractivity contribution in [3.8, 4) is 17.2 Å². The normalized spacial score (nSPS) is 10.3. The van der Waals surface area contributed by atoms with Crippen LogP contribution in [0, 0.1) is 6.92 Å². The number of ether oxygens (including phenoxy) is 2. The number of nitrogens with zero attached hydrogens (tertiary/aromatic N) is 2. The molecule has 3 rings (SSSR count). The van der Waals surface area contributed by atoms with E-state index in [-0.39, 0.29) is 5.82 Å². The monoisotopic (exact) mass is 365 g/mol. The van der Waals surface area contributed by atoms with Gasteiger partial charge in [0.15, 0.2) is 17.3 Å². The molecule has 0 aliphatic rings. The number of benzene rings is 2. The van der Waals surface area contributed by atoms with Gasteiger partial charge in [-0.2, -0.15) is 0 Å². The minimum absolute atomic E-state index is 0.0567. The maximum atomic E-state index is 12.7. The third-order valence-electron chi connectivity index (χ3n) is 4.00. The molecule has 1 N–H and O–H groups in total. The number of carbonyl (C=O) groups excluding carboxylic acids is 1. The summed E-state index contributed by atoms with van der Waals surface area (Å²) in [5.74, 6) is 0.401. The van der Waals surface area contributed by atoms with Gasteiger partial charge in [0.1, 0.15) is 0 Å². The fraction of sp³-hybridized carbons (Fsp3) is 0.150. The molecule has 1 amide bonds. The van der Waals surface area contributed by atoms with Crippen LogP contribution < -0.4 is 20.3 Å². The molecule has 2 aromatic carbocycles. The van der Waals surface area contributed by atoms with E-state index >= 15 is 0 Å². The van der Waals surface area contributed by atoms with Crippen LogP contribution in [-0.2, 0) is 0 Å². The maximum absolute atomic E-state index is 12.7. The zero-order valence-electron chi connectivity index (χ0n) is 15.2. The molecule has 0 radical (unpaired) electrons. The first-order valence-electron chi connectivity index (χ1n) is 8.21. The number of methoxy groups -OCH3 is 2. The molecule has 0 aliphatic carbocycles. The SMILES string of the molecule is COc1ccc(C(=O)Nc2nccn(-c3cccc(C)c3)c2=O)cc1OC. The molecule has 7 nitrogen and oxygen atoms in total. The lowest BCUT2D eigenvalue weighted by atomic mass is 10.2. The molecule has 0 fully saturated rings. The van der Waals surface area contributed by atoms with Gasteiger partial charge in [-0.3, -0.25) is 14.2 Å². The Morgan fingerprint density at radius 2 is 1.85 bits per heavy atom. The van der Waals surface area contributed by atoms with Crippen LogP contribution in [0.4, 0.5) is 5.82 Å². The van der Waals surface area contributed by atoms with Crippen molar-refractivity contribution in [2.75, 3.05) is 19.5 Å². The number of nitrogens with one attached hydrogen (secondary N) is 1. The molecule has 0 spiro atoms. The fourth-order valence-corrected chi connectivity index (χ4v) is 2.64. The largest absolute Gasteiger partial charge is 0.493 e. The van der Waals surface area contributed by atoms with Gasteiger partial charge in [0.25, 0.3) is 11.5 Å². The van der Waals surface area contributed by atoms with Gasteiger partial charge >= 0.3 is 0 Å². The third-order valence-corrected chi connectivity index (χ3v) is 4.00. The zero-order chi connectivity index (χ0) is 19.4. The lowest BCUT2D eigenvalue weighted by molar-refractivity contribution is 0.102. The van der Waals surface area contributed by atoms with Crippen LogP contribution in [0.5, 0.6) is 11.5 Å². The van der Waals surface area contributed by atoms with Gasteiger partial charge in [0.05, 0.1) is 14.2 Å². The molecule has 1 heterocycles. The zero-order valence-corrected chi connectivity index (χ0v) is 15.2. The average molecular weight is 365 g/mol. The standard InChI is InChI=1S/C20H19N3O4/c1-13-5-4-6-15(11-13)23-10-9-21-18(20(23)25)22-19(24)14-7-8-16(26-2)17(12-14)27-3/h4-12H,1-3H3,(H,21,22,24). The van der Waals surface area contributed by atoms with Crippen molar-refractivity contribution in [3.05, 3.63) is 76.3 Å². The van der Waals surface area contributed by atoms with Crippen LogP contribution in [0.25, 0.3) is 5.69 Å². The van der Waals surface area contributed by atoms with Crippen molar-refractivity contribution in [3.63, 3.8) is 0 Å². The Morgan fingerprint density at radius 1 is 1.07 bits per heavy atom. The van der Waals surface area contributed by atoms with Crippen molar-refractivity contribution in [1.29, 1.82) is 0 Å². The number of anilines is 1. The molecule has 0 atom stereocenters. The Hall–Kier alpha value is -3.61. The highest BCUT2D eigenvalue weighted by Gasteiger charge is 2.14. The molecule has 0 saturated carbocycles. The first-order chi connectivity index (χ1) is 13.0. The molecule has 3 aromatic rings. The van der Waals surface area contributed by atoms with Gasteiger partial charge in [0.2, 0.25) is 0 Å². The van der Waals surface area contributed by atoms with Gasteiger partial charge in [-0.1, -0.05) is 12.1 Å². The van der Waals surface area contributed by atoms with Crippen molar-refractivity contribution in [2.45, 2.75) is 6.92 Å². The first kappa shape index (κ1) is 18.2. The van der Waals surface area contributed by atoms with Crippen LogP contribution in [0.1, 0.15) is 15.9 Å². The summed E-state index contributed by atoms with van der Waals surface area (Å²) in [7, 11) is 3.00. The highest BCUT2D eigenvalue weighted by atomic mass is 16.5. The number of aromatic nitrogens is 2. The minimum atomic E-state index is -0.470. The van der Waals surface area contributed by atoms with Crippen molar-refractivity contribution in [1.82, 2.24) is 9.55 Å². The molecule has 7 heteroatoms. The first-order valence-corrected chi connectivity index (χ1v) is 8.21. The van der Waals surface area contributed by atoms with E-state index in [9.17, 15) is 9.59 Å². The Kier molecular flexibility index (Phi) is 5.21. The molecular formula is C20H19N3O4. The van der Waals surface area contributed by atoms with Gasteiger partial charge in [-0.25, -0.2) is 4.98 Å². The second-order valence-corrected chi connectivity index (χ2v) is 5.81. The molecule has 0 saturated heterocycles. The van der Waals surface area contributed by atoms with Gasteiger partial charge < -0.3 is 14.8 Å². The third kappa shape index (κ3) is 3.82. The van der Waals surface area contributed by atoms with E-state index in [2.05, 4.69) is 10.3 Å². The number of aryl methyl sites for hydroxylation is 1. The van der Waals surface area contributed by atoms with E-state index in [4.69, 9.17) is 9.47 Å². The van der Waals surface area contributed by atoms with E-state index in [0.717, 1.165) is 5.56 Å². The lowest BCUT2D eigenvalue weighted by Gasteiger charge is -2.11. The minimum Gasteiger partial charge on any atom is -0.493 e. The highest BCUT2D eigenvalue weighted by molar-refractivity contribution is 6.04. The molecule has 138 valence electrons. The summed E-state index contributed by atoms with van der Waals surface area (Å²) < 4.78 is 11.8. The van der Waals surface area contributed by atoms with E-state index in [1.54, 1.807) is 18.3 Å². The predicted octanol–water partition coefficient (Wildman–Crippen LogP) is 2.81. The molecular weight excluding hydrogens is 346 g/mol. The Bertz CT molecular complexity index is 1040. The lowest BCUT2D eigenvalue weighted by Crippen LogP contribution is -2.26. The van der Waals surface area contributed by atoms with Crippen LogP contribution in [0.2, 0.25) is 0 Å². The summed E-state index contributed by atoms with van der Waals surface area (Å²) in [5.41, 5.74) is 1.62. The predicted molar refractivity (Wildman–Crippen MR) is 102 cm³/mol. The Balaban J connectivity index is 1.91. The second kappa shape index (κ2) is 7.74. The van der Waals surface area contributed by atoms with Crippen LogP contribution >= 0.6 is 0 Å². The number of amides is 1. The molecule has 27 heavy (non-hydrogen) atoms.